The van der Waals surface area contributed by atoms with Crippen LogP contribution in [0.2, 0.25) is 0 Å². The van der Waals surface area contributed by atoms with Crippen LogP contribution in [-0.2, 0) is 9.53 Å². The number of piperidine rings is 2. The third-order valence-corrected chi connectivity index (χ3v) is 5.55. The predicted octanol–water partition coefficient (Wildman–Crippen LogP) is 1.69. The first-order chi connectivity index (χ1) is 10.2. The molecule has 23 heavy (non-hydrogen) atoms. The minimum absolute atomic E-state index is 0. The van der Waals surface area contributed by atoms with E-state index in [2.05, 4.69) is 15.1 Å². The Hall–Kier alpha value is -0.0700. The summed E-state index contributed by atoms with van der Waals surface area (Å²) in [6.45, 7) is 5.99. The lowest BCUT2D eigenvalue weighted by Gasteiger charge is -2.38. The largest absolute Gasteiger partial charge is 0.368 e. The number of halogens is 2. The first kappa shape index (κ1) is 21.0. The Labute approximate surface area is 152 Å². The van der Waals surface area contributed by atoms with Crippen LogP contribution in [0, 0.1) is 0 Å². The molecule has 3 heterocycles. The lowest BCUT2D eigenvalue weighted by Crippen LogP contribution is -2.55. The molecule has 0 saturated carbocycles. The lowest BCUT2D eigenvalue weighted by atomic mass is 9.90. The molecule has 7 heteroatoms. The van der Waals surface area contributed by atoms with Crippen molar-refractivity contribution in [3.05, 3.63) is 0 Å². The fourth-order valence-electron chi connectivity index (χ4n) is 4.13. The van der Waals surface area contributed by atoms with Crippen molar-refractivity contribution in [3.8, 4) is 0 Å². The van der Waals surface area contributed by atoms with Gasteiger partial charge in [-0.25, -0.2) is 0 Å². The molecule has 1 N–H and O–H groups in total. The molecule has 3 aliphatic heterocycles. The number of methoxy groups -OCH3 is 1. The summed E-state index contributed by atoms with van der Waals surface area (Å²) in [5.74, 6) is 0.228. The Bertz CT molecular complexity index is 372. The van der Waals surface area contributed by atoms with Crippen molar-refractivity contribution >= 4 is 30.7 Å². The van der Waals surface area contributed by atoms with E-state index in [4.69, 9.17) is 4.74 Å². The van der Waals surface area contributed by atoms with Gasteiger partial charge in [0.2, 0.25) is 0 Å². The summed E-state index contributed by atoms with van der Waals surface area (Å²) < 4.78 is 5.69. The molecule has 5 nitrogen and oxygen atoms in total. The number of likely N-dealkylation sites (tertiary alicyclic amines) is 2. The van der Waals surface area contributed by atoms with E-state index in [-0.39, 0.29) is 30.7 Å². The Morgan fingerprint density at radius 2 is 1.74 bits per heavy atom. The number of carbonyl (C=O) groups excluding carboxylic acids is 1. The number of hydrogen-bond donors (Lipinski definition) is 1. The highest BCUT2D eigenvalue weighted by atomic mass is 35.5. The highest BCUT2D eigenvalue weighted by Gasteiger charge is 2.44. The van der Waals surface area contributed by atoms with Gasteiger partial charge in [-0.05, 0) is 58.3 Å². The minimum Gasteiger partial charge on any atom is -0.368 e. The quantitative estimate of drug-likeness (QED) is 0.824. The molecule has 3 aliphatic rings. The highest BCUT2D eigenvalue weighted by Crippen LogP contribution is 2.28. The van der Waals surface area contributed by atoms with Gasteiger partial charge in [0.1, 0.15) is 5.60 Å². The van der Waals surface area contributed by atoms with Gasteiger partial charge in [-0.1, -0.05) is 6.42 Å². The van der Waals surface area contributed by atoms with Gasteiger partial charge in [0.05, 0.1) is 0 Å². The summed E-state index contributed by atoms with van der Waals surface area (Å²) in [5.41, 5.74) is -0.567. The molecule has 0 spiro atoms. The van der Waals surface area contributed by atoms with E-state index in [1.807, 2.05) is 0 Å². The maximum atomic E-state index is 12.9. The molecule has 3 rings (SSSR count). The zero-order valence-corrected chi connectivity index (χ0v) is 15.7. The fourth-order valence-corrected chi connectivity index (χ4v) is 4.13. The monoisotopic (exact) mass is 367 g/mol. The molecule has 3 saturated heterocycles. The van der Waals surface area contributed by atoms with Crippen LogP contribution in [-0.4, -0.2) is 73.7 Å². The summed E-state index contributed by atoms with van der Waals surface area (Å²) in [5, 5.41) is 3.32. The Morgan fingerprint density at radius 3 is 2.35 bits per heavy atom. The Morgan fingerprint density at radius 1 is 1.09 bits per heavy atom. The molecule has 1 amide bonds. The van der Waals surface area contributed by atoms with E-state index < -0.39 is 5.60 Å². The van der Waals surface area contributed by atoms with E-state index in [0.29, 0.717) is 6.04 Å². The van der Waals surface area contributed by atoms with Crippen molar-refractivity contribution in [3.63, 3.8) is 0 Å². The molecule has 1 unspecified atom stereocenters. The summed E-state index contributed by atoms with van der Waals surface area (Å²) in [7, 11) is 1.70. The van der Waals surface area contributed by atoms with Crippen LogP contribution in [0.25, 0.3) is 0 Å². The van der Waals surface area contributed by atoms with Gasteiger partial charge in [0.25, 0.3) is 5.91 Å². The summed E-state index contributed by atoms with van der Waals surface area (Å²) in [6.07, 6.45) is 6.73. The van der Waals surface area contributed by atoms with Gasteiger partial charge in [0.15, 0.2) is 0 Å². The number of rotatable bonds is 3. The first-order valence-electron chi connectivity index (χ1n) is 8.54. The summed E-state index contributed by atoms with van der Waals surface area (Å²) in [4.78, 5) is 17.6. The maximum Gasteiger partial charge on any atom is 0.254 e. The number of hydrogen-bond acceptors (Lipinski definition) is 4. The van der Waals surface area contributed by atoms with E-state index in [1.54, 1.807) is 7.11 Å². The topological polar surface area (TPSA) is 44.8 Å². The average Bonchev–Trinajstić information content (AvgIpc) is 3.05. The molecule has 136 valence electrons. The normalized spacial score (nSPS) is 27.9. The lowest BCUT2D eigenvalue weighted by molar-refractivity contribution is -0.157. The molecule has 0 aromatic heterocycles. The van der Waals surface area contributed by atoms with Gasteiger partial charge in [-0.15, -0.1) is 24.8 Å². The maximum absolute atomic E-state index is 12.9. The van der Waals surface area contributed by atoms with Crippen LogP contribution < -0.4 is 5.32 Å². The SMILES string of the molecule is COC1(C(=O)N2CCC(N3CCCCC3)C2)CCNCC1.Cl.Cl. The zero-order valence-electron chi connectivity index (χ0n) is 14.1. The summed E-state index contributed by atoms with van der Waals surface area (Å²) in [6, 6.07) is 0.574. The zero-order chi connectivity index (χ0) is 14.7. The van der Waals surface area contributed by atoms with Crippen LogP contribution in [0.15, 0.2) is 0 Å². The van der Waals surface area contributed by atoms with Crippen LogP contribution in [0.4, 0.5) is 0 Å². The van der Waals surface area contributed by atoms with Crippen molar-refractivity contribution < 1.29 is 9.53 Å². The van der Waals surface area contributed by atoms with E-state index in [9.17, 15) is 4.79 Å². The molecular weight excluding hydrogens is 337 g/mol. The molecular formula is C16H31Cl2N3O2. The molecule has 3 fully saturated rings. The van der Waals surface area contributed by atoms with Gasteiger partial charge < -0.3 is 15.0 Å². The molecule has 0 aromatic rings. The van der Waals surface area contributed by atoms with E-state index >= 15 is 0 Å². The number of nitrogens with zero attached hydrogens (tertiary/aromatic N) is 2. The van der Waals surface area contributed by atoms with Crippen molar-refractivity contribution in [2.75, 3.05) is 46.4 Å². The molecule has 1 atom stereocenters. The molecule has 0 aromatic carbocycles. The molecule has 0 aliphatic carbocycles. The number of nitrogens with one attached hydrogen (secondary N) is 1. The van der Waals surface area contributed by atoms with Crippen LogP contribution >= 0.6 is 24.8 Å². The number of ether oxygens (including phenoxy) is 1. The fraction of sp³-hybridized carbons (Fsp3) is 0.938. The predicted molar refractivity (Wildman–Crippen MR) is 96.7 cm³/mol. The average molecular weight is 368 g/mol. The van der Waals surface area contributed by atoms with Crippen LogP contribution in [0.1, 0.15) is 38.5 Å². The molecule has 0 radical (unpaired) electrons. The van der Waals surface area contributed by atoms with Gasteiger partial charge >= 0.3 is 0 Å². The smallest absolute Gasteiger partial charge is 0.254 e. The number of carbonyl (C=O) groups is 1. The Kier molecular flexibility index (Phi) is 8.59. The third kappa shape index (κ3) is 4.51. The van der Waals surface area contributed by atoms with Gasteiger partial charge in [-0.3, -0.25) is 9.69 Å². The van der Waals surface area contributed by atoms with Crippen molar-refractivity contribution in [1.82, 2.24) is 15.1 Å². The number of amides is 1. The third-order valence-electron chi connectivity index (χ3n) is 5.55. The Balaban J connectivity index is 0.00000132. The second-order valence-electron chi connectivity index (χ2n) is 6.74. The van der Waals surface area contributed by atoms with Crippen LogP contribution in [0.3, 0.4) is 0 Å². The van der Waals surface area contributed by atoms with Crippen LogP contribution in [0.5, 0.6) is 0 Å². The van der Waals surface area contributed by atoms with Gasteiger partial charge in [0, 0.05) is 26.2 Å². The minimum atomic E-state index is -0.567. The summed E-state index contributed by atoms with van der Waals surface area (Å²) >= 11 is 0. The first-order valence-corrected chi connectivity index (χ1v) is 8.54. The second-order valence-corrected chi connectivity index (χ2v) is 6.74. The molecule has 0 bridgehead atoms. The van der Waals surface area contributed by atoms with Crippen molar-refractivity contribution in [1.29, 1.82) is 0 Å². The second kappa shape index (κ2) is 9.42. The van der Waals surface area contributed by atoms with Gasteiger partial charge in [-0.2, -0.15) is 0 Å². The highest BCUT2D eigenvalue weighted by molar-refractivity contribution is 5.86. The van der Waals surface area contributed by atoms with Crippen molar-refractivity contribution in [2.45, 2.75) is 50.2 Å². The van der Waals surface area contributed by atoms with E-state index in [0.717, 1.165) is 45.4 Å². The standard InChI is InChI=1S/C16H29N3O2.2ClH/c1-21-16(6-8-17-9-7-16)15(20)19-12-5-14(13-19)18-10-3-2-4-11-18;;/h14,17H,2-13H2,1H3;2*1H. The van der Waals surface area contributed by atoms with E-state index in [1.165, 1.54) is 32.4 Å². The van der Waals surface area contributed by atoms with Crippen molar-refractivity contribution in [2.24, 2.45) is 0 Å².